The molecule has 0 aromatic heterocycles. The van der Waals surface area contributed by atoms with Crippen LogP contribution in [0.15, 0.2) is 24.3 Å². The molecule has 106 valence electrons. The van der Waals surface area contributed by atoms with E-state index in [0.29, 0.717) is 0 Å². The quantitative estimate of drug-likeness (QED) is 0.470. The fourth-order valence-corrected chi connectivity index (χ4v) is 2.35. The van der Waals surface area contributed by atoms with Gasteiger partial charge in [-0.1, -0.05) is 6.92 Å². The van der Waals surface area contributed by atoms with E-state index in [2.05, 4.69) is 0 Å². The molecular formula is C12H11NO7. The third-order valence-electron chi connectivity index (χ3n) is 3.48. The molecule has 1 fully saturated rings. The lowest BCUT2D eigenvalue weighted by Gasteiger charge is -2.12. The summed E-state index contributed by atoms with van der Waals surface area (Å²) in [4.78, 5) is 32.7. The first-order valence-electron chi connectivity index (χ1n) is 5.73. The van der Waals surface area contributed by atoms with Crippen LogP contribution in [0.4, 0.5) is 5.69 Å². The highest BCUT2D eigenvalue weighted by Crippen LogP contribution is 2.58. The molecule has 1 aliphatic heterocycles. The van der Waals surface area contributed by atoms with Crippen LogP contribution in [0.1, 0.15) is 18.9 Å². The largest absolute Gasteiger partial charge is 0.479 e. The van der Waals surface area contributed by atoms with Crippen LogP contribution >= 0.6 is 0 Å². The number of carboxylic acids is 2. The van der Waals surface area contributed by atoms with Crippen molar-refractivity contribution in [3.63, 3.8) is 0 Å². The van der Waals surface area contributed by atoms with Gasteiger partial charge < -0.3 is 14.9 Å². The molecule has 2 unspecified atom stereocenters. The van der Waals surface area contributed by atoms with Crippen LogP contribution in [0, 0.1) is 10.1 Å². The SMILES string of the molecule is CCC1(C(=O)O)OC1(C(=O)O)c1ccc([N+](=O)[O-])cc1. The maximum Gasteiger partial charge on any atom is 0.344 e. The van der Waals surface area contributed by atoms with Gasteiger partial charge in [0.05, 0.1) is 4.92 Å². The molecule has 2 rings (SSSR count). The molecule has 8 heteroatoms. The van der Waals surface area contributed by atoms with Crippen LogP contribution in [-0.4, -0.2) is 32.7 Å². The third kappa shape index (κ3) is 1.58. The minimum Gasteiger partial charge on any atom is -0.479 e. The Kier molecular flexibility index (Phi) is 2.98. The highest BCUT2D eigenvalue weighted by molar-refractivity contribution is 5.97. The number of ether oxygens (including phenoxy) is 1. The summed E-state index contributed by atoms with van der Waals surface area (Å²) >= 11 is 0. The lowest BCUT2D eigenvalue weighted by molar-refractivity contribution is -0.384. The lowest BCUT2D eigenvalue weighted by atomic mass is 9.84. The number of non-ortho nitro benzene ring substituents is 1. The van der Waals surface area contributed by atoms with E-state index in [9.17, 15) is 29.9 Å². The predicted octanol–water partition coefficient (Wildman–Crippen LogP) is 1.14. The lowest BCUT2D eigenvalue weighted by Crippen LogP contribution is -2.37. The Morgan fingerprint density at radius 2 is 1.80 bits per heavy atom. The van der Waals surface area contributed by atoms with Gasteiger partial charge in [0, 0.05) is 12.1 Å². The summed E-state index contributed by atoms with van der Waals surface area (Å²) in [7, 11) is 0. The number of nitro groups is 1. The van der Waals surface area contributed by atoms with Gasteiger partial charge in [-0.05, 0) is 24.1 Å². The molecule has 1 heterocycles. The summed E-state index contributed by atoms with van der Waals surface area (Å²) < 4.78 is 5.08. The number of hydrogen-bond acceptors (Lipinski definition) is 5. The molecule has 2 atom stereocenters. The van der Waals surface area contributed by atoms with Gasteiger partial charge in [-0.2, -0.15) is 0 Å². The molecule has 0 amide bonds. The molecule has 8 nitrogen and oxygen atoms in total. The minimum absolute atomic E-state index is 0.0361. The van der Waals surface area contributed by atoms with Crippen molar-refractivity contribution < 1.29 is 29.5 Å². The molecule has 20 heavy (non-hydrogen) atoms. The standard InChI is InChI=1S/C12H11NO7/c1-2-11(9(14)15)12(20-11,10(16)17)7-3-5-8(6-4-7)13(18)19/h3-6H,2H2,1H3,(H,14,15)(H,16,17). The predicted molar refractivity (Wildman–Crippen MR) is 64.2 cm³/mol. The Morgan fingerprint density at radius 3 is 2.10 bits per heavy atom. The Hall–Kier alpha value is -2.48. The molecule has 0 bridgehead atoms. The summed E-state index contributed by atoms with van der Waals surface area (Å²) in [5, 5.41) is 29.1. The van der Waals surface area contributed by atoms with Gasteiger partial charge in [0.2, 0.25) is 11.2 Å². The summed E-state index contributed by atoms with van der Waals surface area (Å²) in [5.74, 6) is -2.81. The summed E-state index contributed by atoms with van der Waals surface area (Å²) in [5.41, 5.74) is -3.98. The second-order valence-electron chi connectivity index (χ2n) is 4.38. The van der Waals surface area contributed by atoms with E-state index < -0.39 is 28.1 Å². The number of aliphatic carboxylic acids is 2. The topological polar surface area (TPSA) is 130 Å². The Labute approximate surface area is 112 Å². The van der Waals surface area contributed by atoms with Gasteiger partial charge in [0.25, 0.3) is 5.69 Å². The van der Waals surface area contributed by atoms with Crippen molar-refractivity contribution >= 4 is 17.6 Å². The molecule has 0 saturated carbocycles. The van der Waals surface area contributed by atoms with E-state index in [1.165, 1.54) is 19.1 Å². The number of hydrogen-bond donors (Lipinski definition) is 2. The third-order valence-corrected chi connectivity index (χ3v) is 3.48. The number of rotatable bonds is 5. The number of nitro benzene ring substituents is 1. The highest BCUT2D eigenvalue weighted by Gasteiger charge is 2.80. The van der Waals surface area contributed by atoms with Crippen LogP contribution in [0.5, 0.6) is 0 Å². The molecular weight excluding hydrogens is 270 g/mol. The number of carbonyl (C=O) groups is 2. The molecule has 1 aromatic carbocycles. The van der Waals surface area contributed by atoms with E-state index in [1.807, 2.05) is 0 Å². The maximum absolute atomic E-state index is 11.5. The van der Waals surface area contributed by atoms with Crippen LogP contribution in [0.2, 0.25) is 0 Å². The first kappa shape index (κ1) is 13.9. The second-order valence-corrected chi connectivity index (χ2v) is 4.38. The van der Waals surface area contributed by atoms with Gasteiger partial charge in [-0.15, -0.1) is 0 Å². The van der Waals surface area contributed by atoms with Crippen molar-refractivity contribution in [3.8, 4) is 0 Å². The zero-order valence-corrected chi connectivity index (χ0v) is 10.4. The van der Waals surface area contributed by atoms with Gasteiger partial charge in [-0.25, -0.2) is 9.59 Å². The van der Waals surface area contributed by atoms with E-state index in [4.69, 9.17) is 4.74 Å². The van der Waals surface area contributed by atoms with Crippen molar-refractivity contribution in [3.05, 3.63) is 39.9 Å². The zero-order valence-electron chi connectivity index (χ0n) is 10.4. The van der Waals surface area contributed by atoms with Crippen LogP contribution in [0.3, 0.4) is 0 Å². The number of epoxide rings is 1. The normalized spacial score (nSPS) is 27.9. The number of benzene rings is 1. The van der Waals surface area contributed by atoms with Gasteiger partial charge in [0.15, 0.2) is 0 Å². The Balaban J connectivity index is 2.50. The second kappa shape index (κ2) is 4.27. The highest BCUT2D eigenvalue weighted by atomic mass is 16.7. The molecule has 0 aliphatic carbocycles. The number of nitrogens with zero attached hydrogens (tertiary/aromatic N) is 1. The van der Waals surface area contributed by atoms with Crippen molar-refractivity contribution in [2.45, 2.75) is 24.5 Å². The fourth-order valence-electron chi connectivity index (χ4n) is 2.35. The number of carboxylic acid groups (broad SMARTS) is 2. The first-order valence-corrected chi connectivity index (χ1v) is 5.73. The van der Waals surface area contributed by atoms with Gasteiger partial charge in [-0.3, -0.25) is 10.1 Å². The average molecular weight is 281 g/mol. The van der Waals surface area contributed by atoms with E-state index >= 15 is 0 Å². The zero-order chi connectivity index (χ0) is 15.1. The summed E-state index contributed by atoms with van der Waals surface area (Å²) in [6.45, 7) is 1.50. The van der Waals surface area contributed by atoms with E-state index in [1.54, 1.807) is 0 Å². The molecule has 1 aliphatic rings. The fraction of sp³-hybridized carbons (Fsp3) is 0.333. The van der Waals surface area contributed by atoms with Crippen LogP contribution in [0.25, 0.3) is 0 Å². The summed E-state index contributed by atoms with van der Waals surface area (Å²) in [6.07, 6.45) is -0.0361. The molecule has 0 spiro atoms. The van der Waals surface area contributed by atoms with Gasteiger partial charge >= 0.3 is 11.9 Å². The Bertz CT molecular complexity index is 596. The van der Waals surface area contributed by atoms with Gasteiger partial charge in [0.1, 0.15) is 0 Å². The first-order chi connectivity index (χ1) is 9.31. The molecule has 0 radical (unpaired) electrons. The van der Waals surface area contributed by atoms with E-state index in [0.717, 1.165) is 12.1 Å². The van der Waals surface area contributed by atoms with Crippen LogP contribution in [-0.2, 0) is 19.9 Å². The molecule has 1 aromatic rings. The minimum atomic E-state index is -2.00. The van der Waals surface area contributed by atoms with Crippen molar-refractivity contribution in [2.24, 2.45) is 0 Å². The van der Waals surface area contributed by atoms with Crippen molar-refractivity contribution in [1.82, 2.24) is 0 Å². The van der Waals surface area contributed by atoms with Crippen LogP contribution < -0.4 is 0 Å². The molecule has 1 saturated heterocycles. The van der Waals surface area contributed by atoms with Crippen molar-refractivity contribution in [1.29, 1.82) is 0 Å². The maximum atomic E-state index is 11.5. The van der Waals surface area contributed by atoms with E-state index in [-0.39, 0.29) is 17.7 Å². The average Bonchev–Trinajstić information content (AvgIpc) is 3.11. The smallest absolute Gasteiger partial charge is 0.344 e. The molecule has 2 N–H and O–H groups in total. The van der Waals surface area contributed by atoms with Crippen molar-refractivity contribution in [2.75, 3.05) is 0 Å². The Morgan fingerprint density at radius 1 is 1.25 bits per heavy atom. The monoisotopic (exact) mass is 281 g/mol. The summed E-state index contributed by atoms with van der Waals surface area (Å²) in [6, 6.07) is 4.63.